The summed E-state index contributed by atoms with van der Waals surface area (Å²) in [6.07, 6.45) is 0. The summed E-state index contributed by atoms with van der Waals surface area (Å²) in [5, 5.41) is 3.60. The fourth-order valence-corrected chi connectivity index (χ4v) is 2.73. The van der Waals surface area contributed by atoms with Crippen molar-refractivity contribution in [1.82, 2.24) is 0 Å². The number of carbonyl (C=O) groups excluding carboxylic acids is 1. The summed E-state index contributed by atoms with van der Waals surface area (Å²) in [5.74, 6) is -0.209. The number of hydrogen-bond acceptors (Lipinski definition) is 1. The maximum absolute atomic E-state index is 12.2. The van der Waals surface area contributed by atoms with E-state index in [1.807, 2.05) is 49.4 Å². The number of amides is 1. The molecule has 1 amide bonds. The van der Waals surface area contributed by atoms with Crippen LogP contribution in [0.2, 0.25) is 5.02 Å². The van der Waals surface area contributed by atoms with Gasteiger partial charge < -0.3 is 5.32 Å². The van der Waals surface area contributed by atoms with Gasteiger partial charge in [-0.15, -0.1) is 0 Å². The highest BCUT2D eigenvalue weighted by molar-refractivity contribution is 14.1. The average molecular weight is 386 g/mol. The van der Waals surface area contributed by atoms with Gasteiger partial charge in [0, 0.05) is 8.59 Å². The van der Waals surface area contributed by atoms with Crippen LogP contribution >= 0.6 is 34.2 Å². The number of hydrogen-bond donors (Lipinski definition) is 1. The van der Waals surface area contributed by atoms with Gasteiger partial charge in [0.05, 0.1) is 11.6 Å². The molecule has 0 radical (unpaired) electrons. The number of carbonyl (C=O) groups is 1. The molecule has 0 fully saturated rings. The van der Waals surface area contributed by atoms with E-state index in [1.165, 1.54) is 0 Å². The van der Waals surface area contributed by atoms with E-state index in [2.05, 4.69) is 27.9 Å². The number of benzene rings is 2. The largest absolute Gasteiger partial charge is 0.325 e. The predicted molar refractivity (Wildman–Crippen MR) is 87.7 cm³/mol. The Balaban J connectivity index is 2.13. The molecule has 1 N–H and O–H groups in total. The number of anilines is 1. The molecule has 0 aliphatic carbocycles. The van der Waals surface area contributed by atoms with Gasteiger partial charge >= 0.3 is 0 Å². The first-order valence-corrected chi connectivity index (χ1v) is 7.34. The summed E-state index contributed by atoms with van der Waals surface area (Å²) in [7, 11) is 0. The minimum atomic E-state index is -0.187. The topological polar surface area (TPSA) is 29.1 Å². The molecule has 0 spiro atoms. The van der Waals surface area contributed by atoms with Crippen molar-refractivity contribution in [3.8, 4) is 0 Å². The fraction of sp³-hybridized carbons (Fsp3) is 0.133. The maximum Gasteiger partial charge on any atom is 0.231 e. The Morgan fingerprint density at radius 2 is 1.89 bits per heavy atom. The Hall–Kier alpha value is -1.07. The van der Waals surface area contributed by atoms with Gasteiger partial charge in [-0.25, -0.2) is 0 Å². The minimum absolute atomic E-state index is 0.0218. The average Bonchev–Trinajstić information content (AvgIpc) is 2.42. The monoisotopic (exact) mass is 385 g/mol. The maximum atomic E-state index is 12.2. The Morgan fingerprint density at radius 3 is 2.53 bits per heavy atom. The molecule has 0 aliphatic heterocycles. The van der Waals surface area contributed by atoms with E-state index in [4.69, 9.17) is 11.6 Å². The quantitative estimate of drug-likeness (QED) is 0.763. The van der Waals surface area contributed by atoms with Crippen molar-refractivity contribution < 1.29 is 4.79 Å². The van der Waals surface area contributed by atoms with E-state index >= 15 is 0 Å². The third kappa shape index (κ3) is 3.70. The molecule has 2 rings (SSSR count). The highest BCUT2D eigenvalue weighted by Crippen LogP contribution is 2.24. The molecule has 1 atom stereocenters. The lowest BCUT2D eigenvalue weighted by Gasteiger charge is -2.13. The van der Waals surface area contributed by atoms with Crippen LogP contribution in [0.15, 0.2) is 48.5 Å². The number of rotatable bonds is 3. The Kier molecular flexibility index (Phi) is 4.82. The molecule has 0 saturated heterocycles. The lowest BCUT2D eigenvalue weighted by atomic mass is 10.0. The van der Waals surface area contributed by atoms with E-state index in [-0.39, 0.29) is 11.8 Å². The summed E-state index contributed by atoms with van der Waals surface area (Å²) in [6, 6.07) is 15.1. The van der Waals surface area contributed by atoms with Gasteiger partial charge in [0.1, 0.15) is 0 Å². The highest BCUT2D eigenvalue weighted by atomic mass is 127. The second kappa shape index (κ2) is 6.39. The van der Waals surface area contributed by atoms with E-state index in [0.717, 1.165) is 14.8 Å². The van der Waals surface area contributed by atoms with Crippen LogP contribution in [-0.4, -0.2) is 5.91 Å². The zero-order valence-electron chi connectivity index (χ0n) is 10.4. The van der Waals surface area contributed by atoms with Crippen molar-refractivity contribution >= 4 is 45.8 Å². The molecular formula is C15H13ClINO. The Labute approximate surface area is 131 Å². The van der Waals surface area contributed by atoms with Crippen molar-refractivity contribution in [3.05, 3.63) is 62.7 Å². The van der Waals surface area contributed by atoms with Crippen molar-refractivity contribution in [2.75, 3.05) is 5.32 Å². The third-order valence-corrected chi connectivity index (χ3v) is 4.01. The molecule has 4 heteroatoms. The standard InChI is InChI=1S/C15H13ClINO/c1-10(11-5-3-2-4-6-11)15(19)18-14-8-7-12(16)9-13(14)17/h2-10H,1H3,(H,18,19). The van der Waals surface area contributed by atoms with Gasteiger partial charge in [0.25, 0.3) is 0 Å². The molecule has 98 valence electrons. The van der Waals surface area contributed by atoms with Crippen LogP contribution in [-0.2, 0) is 4.79 Å². The predicted octanol–water partition coefficient (Wildman–Crippen LogP) is 4.69. The van der Waals surface area contributed by atoms with E-state index in [0.29, 0.717) is 5.02 Å². The fourth-order valence-electron chi connectivity index (χ4n) is 1.72. The second-order valence-electron chi connectivity index (χ2n) is 4.25. The van der Waals surface area contributed by atoms with E-state index in [1.54, 1.807) is 6.07 Å². The van der Waals surface area contributed by atoms with Gasteiger partial charge in [0.2, 0.25) is 5.91 Å². The summed E-state index contributed by atoms with van der Waals surface area (Å²) < 4.78 is 0.929. The van der Waals surface area contributed by atoms with Gasteiger partial charge in [0.15, 0.2) is 0 Å². The lowest BCUT2D eigenvalue weighted by Crippen LogP contribution is -2.19. The molecular weight excluding hydrogens is 373 g/mol. The zero-order chi connectivity index (χ0) is 13.8. The van der Waals surface area contributed by atoms with Crippen LogP contribution in [0.1, 0.15) is 18.4 Å². The summed E-state index contributed by atoms with van der Waals surface area (Å²) in [5.41, 5.74) is 1.79. The SMILES string of the molecule is CC(C(=O)Nc1ccc(Cl)cc1I)c1ccccc1. The number of halogens is 2. The first kappa shape index (κ1) is 14.3. The molecule has 2 nitrogen and oxygen atoms in total. The first-order chi connectivity index (χ1) is 9.08. The molecule has 2 aromatic rings. The molecule has 0 bridgehead atoms. The molecule has 2 aromatic carbocycles. The summed E-state index contributed by atoms with van der Waals surface area (Å²) >= 11 is 8.05. The van der Waals surface area contributed by atoms with Crippen LogP contribution in [0, 0.1) is 3.57 Å². The highest BCUT2D eigenvalue weighted by Gasteiger charge is 2.15. The van der Waals surface area contributed by atoms with E-state index in [9.17, 15) is 4.79 Å². The minimum Gasteiger partial charge on any atom is -0.325 e. The van der Waals surface area contributed by atoms with Gasteiger partial charge in [-0.1, -0.05) is 41.9 Å². The van der Waals surface area contributed by atoms with Crippen molar-refractivity contribution in [2.45, 2.75) is 12.8 Å². The Bertz CT molecular complexity index is 586. The zero-order valence-corrected chi connectivity index (χ0v) is 13.3. The van der Waals surface area contributed by atoms with E-state index < -0.39 is 0 Å². The van der Waals surface area contributed by atoms with Crippen LogP contribution in [0.5, 0.6) is 0 Å². The third-order valence-electron chi connectivity index (χ3n) is 2.88. The van der Waals surface area contributed by atoms with Crippen molar-refractivity contribution in [3.63, 3.8) is 0 Å². The van der Waals surface area contributed by atoms with Crippen molar-refractivity contribution in [2.24, 2.45) is 0 Å². The van der Waals surface area contributed by atoms with Crippen LogP contribution in [0.25, 0.3) is 0 Å². The molecule has 19 heavy (non-hydrogen) atoms. The summed E-state index contributed by atoms with van der Waals surface area (Å²) in [6.45, 7) is 1.90. The van der Waals surface area contributed by atoms with Gasteiger partial charge in [-0.3, -0.25) is 4.79 Å². The second-order valence-corrected chi connectivity index (χ2v) is 5.84. The molecule has 0 heterocycles. The van der Waals surface area contributed by atoms with Crippen LogP contribution in [0.3, 0.4) is 0 Å². The number of nitrogens with one attached hydrogen (secondary N) is 1. The van der Waals surface area contributed by atoms with Gasteiger partial charge in [-0.2, -0.15) is 0 Å². The van der Waals surface area contributed by atoms with Gasteiger partial charge in [-0.05, 0) is 53.3 Å². The Morgan fingerprint density at radius 1 is 1.21 bits per heavy atom. The van der Waals surface area contributed by atoms with Crippen LogP contribution < -0.4 is 5.32 Å². The van der Waals surface area contributed by atoms with Crippen LogP contribution in [0.4, 0.5) is 5.69 Å². The molecule has 0 saturated carbocycles. The lowest BCUT2D eigenvalue weighted by molar-refractivity contribution is -0.117. The molecule has 1 unspecified atom stereocenters. The van der Waals surface area contributed by atoms with Crippen molar-refractivity contribution in [1.29, 1.82) is 0 Å². The molecule has 0 aromatic heterocycles. The summed E-state index contributed by atoms with van der Waals surface area (Å²) in [4.78, 5) is 12.2. The molecule has 0 aliphatic rings. The smallest absolute Gasteiger partial charge is 0.231 e. The first-order valence-electron chi connectivity index (χ1n) is 5.89. The normalized spacial score (nSPS) is 11.9.